The lowest BCUT2D eigenvalue weighted by molar-refractivity contribution is -0.138. The van der Waals surface area contributed by atoms with E-state index in [4.69, 9.17) is 5.11 Å². The summed E-state index contributed by atoms with van der Waals surface area (Å²) in [7, 11) is 0. The van der Waals surface area contributed by atoms with Gasteiger partial charge in [0.15, 0.2) is 0 Å². The van der Waals surface area contributed by atoms with Gasteiger partial charge in [-0.2, -0.15) is 16.9 Å². The topological polar surface area (TPSA) is 79.2 Å². The van der Waals surface area contributed by atoms with Crippen molar-refractivity contribution in [2.75, 3.05) is 23.0 Å². The molecule has 1 aliphatic heterocycles. The Balaban J connectivity index is 2.29. The number of aliphatic carboxylic acids is 1. The van der Waals surface area contributed by atoms with Crippen molar-refractivity contribution in [2.45, 2.75) is 19.9 Å². The van der Waals surface area contributed by atoms with E-state index in [9.17, 15) is 4.79 Å². The number of anilines is 1. The highest BCUT2D eigenvalue weighted by Gasteiger charge is 2.31. The maximum absolute atomic E-state index is 11.2. The molecule has 1 fully saturated rings. The van der Waals surface area contributed by atoms with Crippen LogP contribution in [0.25, 0.3) is 0 Å². The molecule has 0 saturated carbocycles. The Bertz CT molecular complexity index is 440. The number of thioether (sulfide) groups is 1. The zero-order chi connectivity index (χ0) is 12.4. The molecule has 1 N–H and O–H groups in total. The summed E-state index contributed by atoms with van der Waals surface area (Å²) in [6.45, 7) is 4.33. The summed E-state index contributed by atoms with van der Waals surface area (Å²) in [5.74, 6) is 1.03. The summed E-state index contributed by atoms with van der Waals surface area (Å²) in [6, 6.07) is -0.558. The highest BCUT2D eigenvalue weighted by Crippen LogP contribution is 2.21. The van der Waals surface area contributed by atoms with Crippen LogP contribution in [-0.4, -0.2) is 50.3 Å². The van der Waals surface area contributed by atoms with E-state index in [1.807, 2.05) is 13.8 Å². The zero-order valence-corrected chi connectivity index (χ0v) is 10.6. The number of aryl methyl sites for hydroxylation is 2. The number of hydrogen-bond acceptors (Lipinski definition) is 6. The Hall–Kier alpha value is -1.37. The molecule has 1 atom stereocenters. The van der Waals surface area contributed by atoms with Gasteiger partial charge in [0.25, 0.3) is 0 Å². The van der Waals surface area contributed by atoms with Crippen molar-refractivity contribution >= 4 is 23.7 Å². The third kappa shape index (κ3) is 2.49. The van der Waals surface area contributed by atoms with Gasteiger partial charge in [-0.15, -0.1) is 5.10 Å². The third-order valence-electron chi connectivity index (χ3n) is 2.75. The number of carboxylic acids is 1. The van der Waals surface area contributed by atoms with Gasteiger partial charge in [0.1, 0.15) is 6.04 Å². The third-order valence-corrected chi connectivity index (χ3v) is 3.77. The van der Waals surface area contributed by atoms with Gasteiger partial charge in [0, 0.05) is 18.1 Å². The van der Waals surface area contributed by atoms with Crippen molar-refractivity contribution in [3.05, 3.63) is 11.4 Å². The number of rotatable bonds is 2. The average molecular weight is 254 g/mol. The van der Waals surface area contributed by atoms with Crippen molar-refractivity contribution in [1.82, 2.24) is 15.2 Å². The van der Waals surface area contributed by atoms with Crippen LogP contribution in [0.3, 0.4) is 0 Å². The maximum Gasteiger partial charge on any atom is 0.327 e. The lowest BCUT2D eigenvalue weighted by atomic mass is 10.3. The van der Waals surface area contributed by atoms with Gasteiger partial charge >= 0.3 is 5.97 Å². The Morgan fingerprint density at radius 1 is 1.41 bits per heavy atom. The second-order valence-corrected chi connectivity index (χ2v) is 5.05. The van der Waals surface area contributed by atoms with Crippen molar-refractivity contribution in [2.24, 2.45) is 0 Å². The largest absolute Gasteiger partial charge is 0.480 e. The molecule has 1 aromatic rings. The van der Waals surface area contributed by atoms with E-state index in [1.54, 1.807) is 16.7 Å². The number of hydrogen-bond donors (Lipinski definition) is 1. The van der Waals surface area contributed by atoms with Gasteiger partial charge in [0.05, 0.1) is 11.4 Å². The maximum atomic E-state index is 11.2. The Labute approximate surface area is 103 Å². The van der Waals surface area contributed by atoms with Gasteiger partial charge in [-0.1, -0.05) is 0 Å². The summed E-state index contributed by atoms with van der Waals surface area (Å²) < 4.78 is 0. The predicted molar refractivity (Wildman–Crippen MR) is 65.4 cm³/mol. The molecule has 17 heavy (non-hydrogen) atoms. The summed E-state index contributed by atoms with van der Waals surface area (Å²) in [6.07, 6.45) is 0. The summed E-state index contributed by atoms with van der Waals surface area (Å²) >= 11 is 1.64. The first-order chi connectivity index (χ1) is 8.09. The first kappa shape index (κ1) is 12.1. The molecule has 0 spiro atoms. The average Bonchev–Trinajstić information content (AvgIpc) is 2.32. The lowest BCUT2D eigenvalue weighted by Gasteiger charge is -2.32. The minimum atomic E-state index is -0.834. The minimum Gasteiger partial charge on any atom is -0.480 e. The van der Waals surface area contributed by atoms with Gasteiger partial charge < -0.3 is 10.0 Å². The molecule has 1 saturated heterocycles. The van der Waals surface area contributed by atoms with Crippen LogP contribution in [0.4, 0.5) is 5.95 Å². The fraction of sp³-hybridized carbons (Fsp3) is 0.600. The molecule has 7 heteroatoms. The molecule has 1 unspecified atom stereocenters. The van der Waals surface area contributed by atoms with Crippen molar-refractivity contribution in [3.8, 4) is 0 Å². The number of nitrogens with zero attached hydrogens (tertiary/aromatic N) is 4. The molecule has 6 nitrogen and oxygen atoms in total. The lowest BCUT2D eigenvalue weighted by Crippen LogP contribution is -2.48. The SMILES string of the molecule is Cc1nnc(N2CCSCC2C(=O)O)nc1C. The van der Waals surface area contributed by atoms with E-state index >= 15 is 0 Å². The molecule has 0 bridgehead atoms. The van der Waals surface area contributed by atoms with E-state index in [2.05, 4.69) is 15.2 Å². The van der Waals surface area contributed by atoms with Gasteiger partial charge in [-0.3, -0.25) is 0 Å². The van der Waals surface area contributed by atoms with Crippen LogP contribution < -0.4 is 4.90 Å². The van der Waals surface area contributed by atoms with Crippen molar-refractivity contribution in [3.63, 3.8) is 0 Å². The first-order valence-electron chi connectivity index (χ1n) is 5.34. The van der Waals surface area contributed by atoms with Crippen molar-refractivity contribution in [1.29, 1.82) is 0 Å². The first-order valence-corrected chi connectivity index (χ1v) is 6.50. The fourth-order valence-corrected chi connectivity index (χ4v) is 2.65. The van der Waals surface area contributed by atoms with Gasteiger partial charge in [-0.25, -0.2) is 9.78 Å². The van der Waals surface area contributed by atoms with E-state index in [0.29, 0.717) is 18.2 Å². The molecule has 0 aliphatic carbocycles. The van der Waals surface area contributed by atoms with Crippen LogP contribution in [0.2, 0.25) is 0 Å². The smallest absolute Gasteiger partial charge is 0.327 e. The van der Waals surface area contributed by atoms with Crippen LogP contribution in [0.15, 0.2) is 0 Å². The van der Waals surface area contributed by atoms with Gasteiger partial charge in [0.2, 0.25) is 5.95 Å². The number of aromatic nitrogens is 3. The van der Waals surface area contributed by atoms with E-state index < -0.39 is 12.0 Å². The summed E-state index contributed by atoms with van der Waals surface area (Å²) in [5.41, 5.74) is 1.56. The molecule has 92 valence electrons. The van der Waals surface area contributed by atoms with Crippen LogP contribution in [0.5, 0.6) is 0 Å². The monoisotopic (exact) mass is 254 g/mol. The van der Waals surface area contributed by atoms with Crippen molar-refractivity contribution < 1.29 is 9.90 Å². The molecule has 2 rings (SSSR count). The quantitative estimate of drug-likeness (QED) is 0.823. The van der Waals surface area contributed by atoms with Crippen LogP contribution >= 0.6 is 11.8 Å². The minimum absolute atomic E-state index is 0.417. The van der Waals surface area contributed by atoms with E-state index in [0.717, 1.165) is 17.1 Å². The Kier molecular flexibility index (Phi) is 3.46. The summed E-state index contributed by atoms with van der Waals surface area (Å²) in [4.78, 5) is 17.2. The van der Waals surface area contributed by atoms with Gasteiger partial charge in [-0.05, 0) is 13.8 Å². The predicted octanol–water partition coefficient (Wildman–Crippen LogP) is 0.495. The normalized spacial score (nSPS) is 20.4. The molecular weight excluding hydrogens is 240 g/mol. The van der Waals surface area contributed by atoms with Crippen LogP contribution in [-0.2, 0) is 4.79 Å². The molecule has 2 heterocycles. The fourth-order valence-electron chi connectivity index (χ4n) is 1.61. The molecule has 0 aromatic carbocycles. The Morgan fingerprint density at radius 3 is 2.82 bits per heavy atom. The zero-order valence-electron chi connectivity index (χ0n) is 9.75. The summed E-state index contributed by atoms with van der Waals surface area (Å²) in [5, 5.41) is 17.1. The number of carbonyl (C=O) groups is 1. The standard InChI is InChI=1S/C10H14N4O2S/c1-6-7(2)12-13-10(11-6)14-3-4-17-5-8(14)9(15)16/h8H,3-5H2,1-2H3,(H,15,16). The molecule has 1 aromatic heterocycles. The molecule has 0 radical (unpaired) electrons. The molecular formula is C10H14N4O2S. The number of carboxylic acid groups (broad SMARTS) is 1. The van der Waals surface area contributed by atoms with Crippen LogP contribution in [0.1, 0.15) is 11.4 Å². The Morgan fingerprint density at radius 2 is 2.18 bits per heavy atom. The van der Waals surface area contributed by atoms with E-state index in [1.165, 1.54) is 0 Å². The highest BCUT2D eigenvalue weighted by atomic mass is 32.2. The molecule has 0 amide bonds. The van der Waals surface area contributed by atoms with E-state index in [-0.39, 0.29) is 0 Å². The highest BCUT2D eigenvalue weighted by molar-refractivity contribution is 7.99. The van der Waals surface area contributed by atoms with Crippen LogP contribution in [0, 0.1) is 13.8 Å². The molecule has 1 aliphatic rings. The second-order valence-electron chi connectivity index (χ2n) is 3.90. The second kappa shape index (κ2) is 4.87.